The summed E-state index contributed by atoms with van der Waals surface area (Å²) in [5, 5.41) is 11.2. The molecule has 1 aromatic heterocycles. The first-order valence-electron chi connectivity index (χ1n) is 6.14. The first-order chi connectivity index (χ1) is 9.18. The van der Waals surface area contributed by atoms with Crippen molar-refractivity contribution in [3.05, 3.63) is 29.8 Å². The number of nitrogens with zero attached hydrogens (tertiary/aromatic N) is 2. The molecule has 1 fully saturated rings. The van der Waals surface area contributed by atoms with Gasteiger partial charge in [-0.25, -0.2) is 9.37 Å². The number of carboxylic acids is 1. The molecule has 2 heterocycles. The van der Waals surface area contributed by atoms with Crippen molar-refractivity contribution >= 4 is 17.0 Å². The first kappa shape index (κ1) is 15.0. The molecule has 20 heavy (non-hydrogen) atoms. The smallest absolute Gasteiger partial charge is 0.542 e. The number of imidazole rings is 1. The number of benzene rings is 1. The predicted molar refractivity (Wildman–Crippen MR) is 63.1 cm³/mol. The maximum atomic E-state index is 14.0. The van der Waals surface area contributed by atoms with Gasteiger partial charge in [0.2, 0.25) is 0 Å². The SMILES string of the molecule is O=C([O-])c1nc2cccc(F)c2n1C1CCOCC1.[Li+]. The summed E-state index contributed by atoms with van der Waals surface area (Å²) < 4.78 is 20.7. The zero-order valence-corrected chi connectivity index (χ0v) is 11.1. The van der Waals surface area contributed by atoms with Crippen LogP contribution in [0.4, 0.5) is 4.39 Å². The van der Waals surface area contributed by atoms with Gasteiger partial charge in [-0.15, -0.1) is 0 Å². The second-order valence-corrected chi connectivity index (χ2v) is 4.54. The van der Waals surface area contributed by atoms with Gasteiger partial charge in [0.1, 0.15) is 17.3 Å². The normalized spacial score (nSPS) is 16.1. The summed E-state index contributed by atoms with van der Waals surface area (Å²) in [6.45, 7) is 1.07. The minimum Gasteiger partial charge on any atom is -0.542 e. The molecule has 2 aromatic rings. The molecule has 3 rings (SSSR count). The predicted octanol–water partition coefficient (Wildman–Crippen LogP) is -2.11. The van der Waals surface area contributed by atoms with Gasteiger partial charge in [-0.2, -0.15) is 0 Å². The van der Waals surface area contributed by atoms with E-state index in [4.69, 9.17) is 4.74 Å². The number of fused-ring (bicyclic) bond motifs is 1. The molecule has 0 spiro atoms. The Labute approximate surface area is 126 Å². The fourth-order valence-corrected chi connectivity index (χ4v) is 2.55. The molecule has 7 heteroatoms. The van der Waals surface area contributed by atoms with Crippen LogP contribution in [0.15, 0.2) is 18.2 Å². The van der Waals surface area contributed by atoms with Crippen LogP contribution in [0, 0.1) is 5.82 Å². The standard InChI is InChI=1S/C13H13FN2O3.Li/c14-9-2-1-3-10-11(9)16(12(15-10)13(17)18)8-4-6-19-7-5-8;/h1-3,8H,4-7H2,(H,17,18);/q;+1/p-1. The van der Waals surface area contributed by atoms with E-state index in [1.807, 2.05) is 0 Å². The summed E-state index contributed by atoms with van der Waals surface area (Å²) in [5.74, 6) is -2.07. The van der Waals surface area contributed by atoms with Gasteiger partial charge < -0.3 is 19.2 Å². The third-order valence-electron chi connectivity index (χ3n) is 3.40. The zero-order chi connectivity index (χ0) is 13.4. The van der Waals surface area contributed by atoms with Crippen molar-refractivity contribution in [3.63, 3.8) is 0 Å². The number of hydrogen-bond acceptors (Lipinski definition) is 4. The number of ether oxygens (including phenoxy) is 1. The molecule has 0 amide bonds. The summed E-state index contributed by atoms with van der Waals surface area (Å²) >= 11 is 0. The maximum Gasteiger partial charge on any atom is 1.00 e. The van der Waals surface area contributed by atoms with Gasteiger partial charge in [-0.05, 0) is 25.0 Å². The molecule has 0 unspecified atom stereocenters. The molecular formula is C13H12FLiN2O3. The number of carbonyl (C=O) groups is 1. The van der Waals surface area contributed by atoms with Crippen LogP contribution >= 0.6 is 0 Å². The third kappa shape index (κ3) is 2.47. The summed E-state index contributed by atoms with van der Waals surface area (Å²) in [4.78, 5) is 15.2. The van der Waals surface area contributed by atoms with Crippen LogP contribution in [0.5, 0.6) is 0 Å². The Morgan fingerprint density at radius 3 is 2.75 bits per heavy atom. The minimum absolute atomic E-state index is 0. The summed E-state index contributed by atoms with van der Waals surface area (Å²) in [7, 11) is 0. The van der Waals surface area contributed by atoms with E-state index in [1.54, 1.807) is 6.07 Å². The van der Waals surface area contributed by atoms with Crippen molar-refractivity contribution < 1.29 is 37.9 Å². The van der Waals surface area contributed by atoms with Gasteiger partial charge in [0.05, 0.1) is 5.52 Å². The van der Waals surface area contributed by atoms with Gasteiger partial charge in [0, 0.05) is 19.3 Å². The maximum absolute atomic E-state index is 14.0. The Kier molecular flexibility index (Phi) is 4.48. The molecule has 0 aliphatic carbocycles. The fraction of sp³-hybridized carbons (Fsp3) is 0.385. The molecule has 100 valence electrons. The summed E-state index contributed by atoms with van der Waals surface area (Å²) in [6.07, 6.45) is 1.28. The number of para-hydroxylation sites is 1. The van der Waals surface area contributed by atoms with Crippen molar-refractivity contribution in [2.24, 2.45) is 0 Å². The quantitative estimate of drug-likeness (QED) is 0.586. The molecule has 0 bridgehead atoms. The van der Waals surface area contributed by atoms with E-state index in [2.05, 4.69) is 4.98 Å². The minimum atomic E-state index is -1.39. The second kappa shape index (κ2) is 5.96. The van der Waals surface area contributed by atoms with Crippen LogP contribution in [-0.2, 0) is 4.74 Å². The van der Waals surface area contributed by atoms with Crippen LogP contribution in [-0.4, -0.2) is 28.7 Å². The topological polar surface area (TPSA) is 67.2 Å². The molecule has 1 aromatic carbocycles. The van der Waals surface area contributed by atoms with E-state index in [0.29, 0.717) is 31.6 Å². The third-order valence-corrected chi connectivity index (χ3v) is 3.40. The number of aromatic nitrogens is 2. The van der Waals surface area contributed by atoms with E-state index < -0.39 is 11.8 Å². The van der Waals surface area contributed by atoms with E-state index in [1.165, 1.54) is 16.7 Å². The molecule has 5 nitrogen and oxygen atoms in total. The summed E-state index contributed by atoms with van der Waals surface area (Å²) in [6, 6.07) is 4.29. The van der Waals surface area contributed by atoms with Gasteiger partial charge in [-0.1, -0.05) is 6.07 Å². The Hall–Kier alpha value is -1.35. The van der Waals surface area contributed by atoms with Crippen molar-refractivity contribution in [1.82, 2.24) is 9.55 Å². The van der Waals surface area contributed by atoms with E-state index >= 15 is 0 Å². The number of halogens is 1. The summed E-state index contributed by atoms with van der Waals surface area (Å²) in [5.41, 5.74) is 0.569. The molecule has 0 atom stereocenters. The van der Waals surface area contributed by atoms with Gasteiger partial charge in [-0.3, -0.25) is 0 Å². The van der Waals surface area contributed by atoms with Crippen molar-refractivity contribution in [2.75, 3.05) is 13.2 Å². The van der Waals surface area contributed by atoms with Crippen LogP contribution in [0.1, 0.15) is 29.5 Å². The molecule has 0 radical (unpaired) electrons. The van der Waals surface area contributed by atoms with Crippen molar-refractivity contribution in [1.29, 1.82) is 0 Å². The number of carboxylic acid groups (broad SMARTS) is 1. The Bertz CT molecular complexity index is 638. The number of hydrogen-bond donors (Lipinski definition) is 0. The van der Waals surface area contributed by atoms with Gasteiger partial charge in [0.15, 0.2) is 5.82 Å². The molecule has 0 saturated carbocycles. The molecule has 1 aliphatic rings. The molecule has 1 aliphatic heterocycles. The van der Waals surface area contributed by atoms with Crippen LogP contribution in [0.3, 0.4) is 0 Å². The van der Waals surface area contributed by atoms with Crippen molar-refractivity contribution in [2.45, 2.75) is 18.9 Å². The average Bonchev–Trinajstić information content (AvgIpc) is 2.81. The average molecular weight is 270 g/mol. The van der Waals surface area contributed by atoms with Crippen LogP contribution < -0.4 is 24.0 Å². The van der Waals surface area contributed by atoms with E-state index in [0.717, 1.165) is 0 Å². The number of carbonyl (C=O) groups excluding carboxylic acids is 1. The molecular weight excluding hydrogens is 258 g/mol. The monoisotopic (exact) mass is 270 g/mol. The largest absolute Gasteiger partial charge is 1.00 e. The first-order valence-corrected chi connectivity index (χ1v) is 6.14. The molecule has 0 N–H and O–H groups in total. The van der Waals surface area contributed by atoms with Gasteiger partial charge >= 0.3 is 18.9 Å². The number of rotatable bonds is 2. The Balaban J connectivity index is 0.00000147. The Morgan fingerprint density at radius 2 is 2.10 bits per heavy atom. The zero-order valence-electron chi connectivity index (χ0n) is 11.1. The van der Waals surface area contributed by atoms with E-state index in [-0.39, 0.29) is 36.2 Å². The van der Waals surface area contributed by atoms with Crippen LogP contribution in [0.25, 0.3) is 11.0 Å². The Morgan fingerprint density at radius 1 is 1.40 bits per heavy atom. The molecule has 1 saturated heterocycles. The van der Waals surface area contributed by atoms with Gasteiger partial charge in [0.25, 0.3) is 0 Å². The fourth-order valence-electron chi connectivity index (χ4n) is 2.55. The second-order valence-electron chi connectivity index (χ2n) is 4.54. The number of aromatic carboxylic acids is 1. The van der Waals surface area contributed by atoms with Crippen LogP contribution in [0.2, 0.25) is 0 Å². The van der Waals surface area contributed by atoms with Crippen molar-refractivity contribution in [3.8, 4) is 0 Å². The van der Waals surface area contributed by atoms with E-state index in [9.17, 15) is 14.3 Å².